The summed E-state index contributed by atoms with van der Waals surface area (Å²) < 4.78 is 26.0. The maximum atomic E-state index is 13.0. The first-order valence-corrected chi connectivity index (χ1v) is 5.58. The predicted octanol–water partition coefficient (Wildman–Crippen LogP) is 2.84. The topological polar surface area (TPSA) is 39.9 Å². The number of aromatic nitrogens is 1. The van der Waals surface area contributed by atoms with Gasteiger partial charge in [-0.05, 0) is 0 Å². The highest BCUT2D eigenvalue weighted by molar-refractivity contribution is 6.31. The highest BCUT2D eigenvalue weighted by Crippen LogP contribution is 2.30. The molecule has 0 aliphatic carbocycles. The van der Waals surface area contributed by atoms with Crippen LogP contribution in [0.15, 0.2) is 12.3 Å². The van der Waals surface area contributed by atoms with Crippen LogP contribution in [-0.2, 0) is 0 Å². The Kier molecular flexibility index (Phi) is 3.16. The van der Waals surface area contributed by atoms with Crippen LogP contribution in [0.2, 0.25) is 5.02 Å². The number of hydrogen-bond acceptors (Lipinski definition) is 3. The summed E-state index contributed by atoms with van der Waals surface area (Å²) >= 11 is 5.87. The van der Waals surface area contributed by atoms with E-state index in [4.69, 9.17) is 16.9 Å². The molecule has 0 bridgehead atoms. The fourth-order valence-corrected chi connectivity index (χ4v) is 1.93. The van der Waals surface area contributed by atoms with E-state index in [1.165, 1.54) is 6.20 Å². The second-order valence-corrected chi connectivity index (χ2v) is 4.38. The Hall–Kier alpha value is -1.41. The molecular weight excluding hydrogens is 248 g/mol. The van der Waals surface area contributed by atoms with Crippen molar-refractivity contribution in [3.63, 3.8) is 0 Å². The SMILES string of the molecule is N#Cc1cnc(N2CCC(F)(F)CC2)cc1Cl. The van der Waals surface area contributed by atoms with Crippen molar-refractivity contribution in [2.75, 3.05) is 18.0 Å². The van der Waals surface area contributed by atoms with E-state index in [2.05, 4.69) is 4.98 Å². The average Bonchev–Trinajstić information content (AvgIpc) is 2.29. The molecule has 2 heterocycles. The molecule has 2 rings (SSSR count). The molecule has 1 aromatic heterocycles. The van der Waals surface area contributed by atoms with Crippen molar-refractivity contribution in [2.45, 2.75) is 18.8 Å². The number of anilines is 1. The van der Waals surface area contributed by atoms with E-state index < -0.39 is 5.92 Å². The van der Waals surface area contributed by atoms with Gasteiger partial charge >= 0.3 is 0 Å². The van der Waals surface area contributed by atoms with Crippen LogP contribution < -0.4 is 4.90 Å². The molecule has 0 amide bonds. The van der Waals surface area contributed by atoms with Crippen LogP contribution in [0.5, 0.6) is 0 Å². The number of pyridine rings is 1. The van der Waals surface area contributed by atoms with Gasteiger partial charge in [0.1, 0.15) is 11.9 Å². The molecule has 6 heteroatoms. The number of nitrogens with zero attached hydrogens (tertiary/aromatic N) is 3. The number of rotatable bonds is 1. The van der Waals surface area contributed by atoms with E-state index in [0.29, 0.717) is 10.8 Å². The number of halogens is 3. The summed E-state index contributed by atoms with van der Waals surface area (Å²) in [4.78, 5) is 5.81. The summed E-state index contributed by atoms with van der Waals surface area (Å²) in [5.41, 5.74) is 0.290. The predicted molar refractivity (Wildman–Crippen MR) is 60.4 cm³/mol. The maximum Gasteiger partial charge on any atom is 0.251 e. The fraction of sp³-hybridized carbons (Fsp3) is 0.455. The highest BCUT2D eigenvalue weighted by Gasteiger charge is 2.34. The Bertz CT molecular complexity index is 460. The van der Waals surface area contributed by atoms with E-state index in [9.17, 15) is 8.78 Å². The Labute approximate surface area is 103 Å². The van der Waals surface area contributed by atoms with Gasteiger partial charge in [-0.1, -0.05) is 11.6 Å². The lowest BCUT2D eigenvalue weighted by Crippen LogP contribution is -2.39. The van der Waals surface area contributed by atoms with Crippen molar-refractivity contribution in [1.82, 2.24) is 4.98 Å². The van der Waals surface area contributed by atoms with Gasteiger partial charge in [0.2, 0.25) is 0 Å². The third-order valence-electron chi connectivity index (χ3n) is 2.78. The van der Waals surface area contributed by atoms with Crippen LogP contribution in [0.1, 0.15) is 18.4 Å². The number of alkyl halides is 2. The zero-order chi connectivity index (χ0) is 12.5. The third-order valence-corrected chi connectivity index (χ3v) is 3.09. The van der Waals surface area contributed by atoms with Gasteiger partial charge in [0, 0.05) is 38.2 Å². The summed E-state index contributed by atoms with van der Waals surface area (Å²) in [6.07, 6.45) is 1.02. The molecule has 1 aliphatic heterocycles. The van der Waals surface area contributed by atoms with Crippen molar-refractivity contribution in [2.24, 2.45) is 0 Å². The van der Waals surface area contributed by atoms with Crippen LogP contribution in [-0.4, -0.2) is 24.0 Å². The molecule has 0 unspecified atom stereocenters. The summed E-state index contributed by atoms with van der Waals surface area (Å²) in [5.74, 6) is -2.03. The Balaban J connectivity index is 2.14. The second-order valence-electron chi connectivity index (χ2n) is 3.98. The minimum atomic E-state index is -2.58. The summed E-state index contributed by atoms with van der Waals surface area (Å²) in [7, 11) is 0. The fourth-order valence-electron chi connectivity index (χ4n) is 1.74. The molecule has 1 fully saturated rings. The third kappa shape index (κ3) is 2.64. The van der Waals surface area contributed by atoms with Gasteiger partial charge in [-0.25, -0.2) is 13.8 Å². The number of nitriles is 1. The van der Waals surface area contributed by atoms with E-state index in [-0.39, 0.29) is 31.5 Å². The van der Waals surface area contributed by atoms with Gasteiger partial charge in [0.25, 0.3) is 5.92 Å². The van der Waals surface area contributed by atoms with Gasteiger partial charge in [0.15, 0.2) is 0 Å². The molecule has 90 valence electrons. The van der Waals surface area contributed by atoms with Crippen LogP contribution in [0.25, 0.3) is 0 Å². The molecule has 0 atom stereocenters. The molecule has 1 aliphatic rings. The molecule has 3 nitrogen and oxygen atoms in total. The van der Waals surface area contributed by atoms with Crippen LogP contribution in [0.4, 0.5) is 14.6 Å². The maximum absolute atomic E-state index is 13.0. The molecule has 1 aromatic rings. The normalized spacial score (nSPS) is 18.8. The van der Waals surface area contributed by atoms with E-state index >= 15 is 0 Å². The number of piperidine rings is 1. The lowest BCUT2D eigenvalue weighted by molar-refractivity contribution is -0.0221. The molecule has 0 aromatic carbocycles. The van der Waals surface area contributed by atoms with Crippen molar-refractivity contribution in [3.8, 4) is 6.07 Å². The summed E-state index contributed by atoms with van der Waals surface area (Å²) in [6, 6.07) is 3.45. The van der Waals surface area contributed by atoms with Crippen molar-refractivity contribution in [1.29, 1.82) is 5.26 Å². The molecule has 0 N–H and O–H groups in total. The lowest BCUT2D eigenvalue weighted by Gasteiger charge is -2.32. The van der Waals surface area contributed by atoms with Crippen LogP contribution in [0.3, 0.4) is 0 Å². The summed E-state index contributed by atoms with van der Waals surface area (Å²) in [6.45, 7) is 0.504. The zero-order valence-electron chi connectivity index (χ0n) is 8.96. The van der Waals surface area contributed by atoms with Gasteiger partial charge in [-0.2, -0.15) is 5.26 Å². The van der Waals surface area contributed by atoms with E-state index in [1.807, 2.05) is 6.07 Å². The van der Waals surface area contributed by atoms with Gasteiger partial charge in [-0.3, -0.25) is 0 Å². The molecule has 0 radical (unpaired) electrons. The minimum absolute atomic E-state index is 0.174. The highest BCUT2D eigenvalue weighted by atomic mass is 35.5. The first kappa shape index (κ1) is 12.1. The largest absolute Gasteiger partial charge is 0.356 e. The molecular formula is C11H10ClF2N3. The monoisotopic (exact) mass is 257 g/mol. The first-order chi connectivity index (χ1) is 8.02. The van der Waals surface area contributed by atoms with Gasteiger partial charge in [-0.15, -0.1) is 0 Å². The Morgan fingerprint density at radius 2 is 2.06 bits per heavy atom. The van der Waals surface area contributed by atoms with Gasteiger partial charge in [0.05, 0.1) is 10.6 Å². The molecule has 17 heavy (non-hydrogen) atoms. The first-order valence-electron chi connectivity index (χ1n) is 5.20. The van der Waals surface area contributed by atoms with Crippen molar-refractivity contribution >= 4 is 17.4 Å². The van der Waals surface area contributed by atoms with Gasteiger partial charge < -0.3 is 4.90 Å². The second kappa shape index (κ2) is 4.46. The minimum Gasteiger partial charge on any atom is -0.356 e. The quantitative estimate of drug-likeness (QED) is 0.777. The van der Waals surface area contributed by atoms with E-state index in [0.717, 1.165) is 0 Å². The standard InChI is InChI=1S/C11H10ClF2N3/c12-9-5-10(16-7-8(9)6-15)17-3-1-11(13,14)2-4-17/h5,7H,1-4H2. The molecule has 1 saturated heterocycles. The zero-order valence-corrected chi connectivity index (χ0v) is 9.71. The summed E-state index contributed by atoms with van der Waals surface area (Å²) in [5, 5.41) is 9.00. The van der Waals surface area contributed by atoms with Crippen molar-refractivity contribution < 1.29 is 8.78 Å². The smallest absolute Gasteiger partial charge is 0.251 e. The molecule has 0 saturated carbocycles. The Morgan fingerprint density at radius 1 is 1.41 bits per heavy atom. The lowest BCUT2D eigenvalue weighted by atomic mass is 10.1. The van der Waals surface area contributed by atoms with Crippen molar-refractivity contribution in [3.05, 3.63) is 22.8 Å². The van der Waals surface area contributed by atoms with Crippen LogP contribution in [0, 0.1) is 11.3 Å². The average molecular weight is 258 g/mol. The molecule has 0 spiro atoms. The number of hydrogen-bond donors (Lipinski definition) is 0. The van der Waals surface area contributed by atoms with Crippen LogP contribution >= 0.6 is 11.6 Å². The van der Waals surface area contributed by atoms with E-state index in [1.54, 1.807) is 11.0 Å². The Morgan fingerprint density at radius 3 is 2.59 bits per heavy atom.